The fourth-order valence-electron chi connectivity index (χ4n) is 4.12. The molecule has 2 N–H and O–H groups in total. The van der Waals surface area contributed by atoms with Crippen molar-refractivity contribution in [3.05, 3.63) is 29.5 Å². The molecule has 0 spiro atoms. The van der Waals surface area contributed by atoms with Crippen LogP contribution in [0.25, 0.3) is 10.1 Å². The quantitative estimate of drug-likeness (QED) is 0.645. The largest absolute Gasteiger partial charge is 0.483 e. The number of ketones is 1. The van der Waals surface area contributed by atoms with Gasteiger partial charge >= 0.3 is 0 Å². The van der Waals surface area contributed by atoms with Gasteiger partial charge in [0.15, 0.2) is 0 Å². The zero-order valence-corrected chi connectivity index (χ0v) is 14.8. The van der Waals surface area contributed by atoms with Crippen LogP contribution in [0.3, 0.4) is 0 Å². The summed E-state index contributed by atoms with van der Waals surface area (Å²) in [6, 6.07) is 7.29. The molecule has 5 rings (SSSR count). The minimum absolute atomic E-state index is 0.0489. The van der Waals surface area contributed by atoms with Gasteiger partial charge in [0.25, 0.3) is 6.47 Å². The molecule has 3 fully saturated rings. The maximum atomic E-state index is 13.0. The molecular formula is C18H21N3O3S. The Morgan fingerprint density at radius 2 is 2.20 bits per heavy atom. The number of piperazine rings is 1. The van der Waals surface area contributed by atoms with Crippen LogP contribution in [0.1, 0.15) is 41.2 Å². The predicted octanol–water partition coefficient (Wildman–Crippen LogP) is 2.10. The highest BCUT2D eigenvalue weighted by atomic mass is 32.1. The first-order chi connectivity index (χ1) is 12.1. The van der Waals surface area contributed by atoms with Gasteiger partial charge in [-0.2, -0.15) is 4.37 Å². The van der Waals surface area contributed by atoms with Gasteiger partial charge in [0.05, 0.1) is 10.7 Å². The lowest BCUT2D eigenvalue weighted by molar-refractivity contribution is -0.122. The zero-order valence-electron chi connectivity index (χ0n) is 14.0. The molecule has 6 nitrogen and oxygen atoms in total. The molecule has 0 radical (unpaired) electrons. The molecule has 3 aliphatic rings. The van der Waals surface area contributed by atoms with Crippen LogP contribution in [-0.4, -0.2) is 58.4 Å². The van der Waals surface area contributed by atoms with Crippen LogP contribution >= 0.6 is 11.5 Å². The van der Waals surface area contributed by atoms with E-state index in [1.165, 1.54) is 29.9 Å². The summed E-state index contributed by atoms with van der Waals surface area (Å²) >= 11 is 1.47. The van der Waals surface area contributed by atoms with E-state index < -0.39 is 0 Å². The van der Waals surface area contributed by atoms with Gasteiger partial charge in [-0.15, -0.1) is 0 Å². The number of hydrogen-bond donors (Lipinski definition) is 2. The Hall–Kier alpha value is -1.83. The van der Waals surface area contributed by atoms with E-state index in [0.717, 1.165) is 29.0 Å². The minimum atomic E-state index is -0.250. The van der Waals surface area contributed by atoms with Crippen molar-refractivity contribution in [3.8, 4) is 0 Å². The second kappa shape index (κ2) is 6.48. The van der Waals surface area contributed by atoms with Crippen molar-refractivity contribution >= 4 is 33.9 Å². The number of rotatable bonds is 3. The van der Waals surface area contributed by atoms with Crippen molar-refractivity contribution in [2.45, 2.75) is 43.3 Å². The summed E-state index contributed by atoms with van der Waals surface area (Å²) in [6.07, 6.45) is 3.69. The number of fused-ring (bicyclic) bond motifs is 3. The normalized spacial score (nSPS) is 28.0. The van der Waals surface area contributed by atoms with Crippen molar-refractivity contribution < 1.29 is 14.7 Å². The van der Waals surface area contributed by atoms with Gasteiger partial charge in [-0.05, 0) is 55.4 Å². The summed E-state index contributed by atoms with van der Waals surface area (Å²) in [7, 11) is 2.08. The third-order valence-electron chi connectivity index (χ3n) is 5.58. The van der Waals surface area contributed by atoms with Gasteiger partial charge in [0.2, 0.25) is 5.78 Å². The van der Waals surface area contributed by atoms with Gasteiger partial charge in [-0.25, -0.2) is 0 Å². The Morgan fingerprint density at radius 3 is 2.84 bits per heavy atom. The first-order valence-corrected chi connectivity index (χ1v) is 9.38. The number of nitrogens with one attached hydrogen (secondary N) is 1. The fourth-order valence-corrected chi connectivity index (χ4v) is 4.95. The molecule has 2 saturated heterocycles. The molecule has 3 heterocycles. The van der Waals surface area contributed by atoms with Gasteiger partial charge < -0.3 is 10.4 Å². The third kappa shape index (κ3) is 2.86. The van der Waals surface area contributed by atoms with Crippen LogP contribution < -0.4 is 5.32 Å². The van der Waals surface area contributed by atoms with E-state index in [1.807, 2.05) is 0 Å². The van der Waals surface area contributed by atoms with E-state index in [1.54, 1.807) is 0 Å². The highest BCUT2D eigenvalue weighted by Gasteiger charge is 2.48. The first kappa shape index (κ1) is 16.6. The number of hydrogen-bond acceptors (Lipinski definition) is 6. The molecule has 1 aromatic carbocycles. The van der Waals surface area contributed by atoms with Crippen LogP contribution in [0.4, 0.5) is 0 Å². The summed E-state index contributed by atoms with van der Waals surface area (Å²) in [5.41, 5.74) is 2.09. The SMILES string of the molecule is CN1C(C(=O)c2nsc3cc(C4CC4)ccc23)[C@H]2C[C@H]1CN2.O=CO. The van der Waals surface area contributed by atoms with E-state index in [4.69, 9.17) is 9.90 Å². The summed E-state index contributed by atoms with van der Waals surface area (Å²) < 4.78 is 5.68. The molecule has 1 saturated carbocycles. The van der Waals surface area contributed by atoms with Crippen molar-refractivity contribution in [2.24, 2.45) is 0 Å². The number of benzene rings is 1. The van der Waals surface area contributed by atoms with E-state index in [-0.39, 0.29) is 18.3 Å². The number of carbonyl (C=O) groups excluding carboxylic acids is 1. The number of likely N-dealkylation sites (tertiary alicyclic amines) is 1. The fraction of sp³-hybridized carbons (Fsp3) is 0.500. The number of carboxylic acid groups (broad SMARTS) is 1. The second-order valence-electron chi connectivity index (χ2n) is 7.05. The smallest absolute Gasteiger partial charge is 0.290 e. The van der Waals surface area contributed by atoms with Crippen molar-refractivity contribution in [1.82, 2.24) is 14.6 Å². The lowest BCUT2D eigenvalue weighted by Crippen LogP contribution is -2.53. The molecule has 1 aromatic heterocycles. The molecule has 1 aliphatic carbocycles. The molecule has 2 aliphatic heterocycles. The average Bonchev–Trinajstić information content (AvgIpc) is 3.08. The maximum absolute atomic E-state index is 13.0. The Balaban J connectivity index is 0.000000490. The number of aromatic nitrogens is 1. The number of likely N-dealkylation sites (N-methyl/N-ethyl adjacent to an activating group) is 1. The molecule has 3 atom stereocenters. The molecule has 0 amide bonds. The van der Waals surface area contributed by atoms with E-state index >= 15 is 0 Å². The molecule has 132 valence electrons. The Labute approximate surface area is 150 Å². The van der Waals surface area contributed by atoms with Gasteiger partial charge in [0, 0.05) is 24.0 Å². The Morgan fingerprint density at radius 1 is 1.44 bits per heavy atom. The van der Waals surface area contributed by atoms with Crippen LogP contribution in [-0.2, 0) is 4.79 Å². The molecule has 7 heteroatoms. The van der Waals surface area contributed by atoms with Crippen molar-refractivity contribution in [1.29, 1.82) is 0 Å². The predicted molar refractivity (Wildman–Crippen MR) is 96.4 cm³/mol. The summed E-state index contributed by atoms with van der Waals surface area (Å²) in [5, 5.41) is 11.4. The first-order valence-electron chi connectivity index (χ1n) is 8.60. The molecular weight excluding hydrogens is 338 g/mol. The van der Waals surface area contributed by atoms with Gasteiger partial charge in [-0.1, -0.05) is 12.1 Å². The van der Waals surface area contributed by atoms with Crippen LogP contribution in [0.15, 0.2) is 18.2 Å². The van der Waals surface area contributed by atoms with Crippen LogP contribution in [0.2, 0.25) is 0 Å². The molecule has 2 bridgehead atoms. The molecule has 25 heavy (non-hydrogen) atoms. The maximum Gasteiger partial charge on any atom is 0.290 e. The lowest BCUT2D eigenvalue weighted by atomic mass is 10.00. The van der Waals surface area contributed by atoms with E-state index in [2.05, 4.69) is 39.8 Å². The van der Waals surface area contributed by atoms with Crippen molar-refractivity contribution in [3.63, 3.8) is 0 Å². The van der Waals surface area contributed by atoms with Gasteiger partial charge in [0.1, 0.15) is 5.69 Å². The number of carbonyl (C=O) groups is 2. The molecule has 2 aromatic rings. The second-order valence-corrected chi connectivity index (χ2v) is 7.85. The standard InChI is InChI=1S/C17H19N3OS.CH2O2/c1-20-11-7-13(18-8-11)16(20)17(21)15-12-5-4-10(9-2-3-9)6-14(12)22-19-15;2-1-3/h4-6,9,11,13,16,18H,2-3,7-8H2,1H3;1H,(H,2,3)/t11-,13+,16?;/m0./s1. The zero-order chi connectivity index (χ0) is 17.6. The number of Topliss-reactive ketones (excluding diaryl/α,β-unsaturated/α-hetero) is 1. The summed E-state index contributed by atoms with van der Waals surface area (Å²) in [5.74, 6) is 0.930. The minimum Gasteiger partial charge on any atom is -0.483 e. The lowest BCUT2D eigenvalue weighted by Gasteiger charge is -2.30. The summed E-state index contributed by atoms with van der Waals surface area (Å²) in [6.45, 7) is 0.757. The monoisotopic (exact) mass is 359 g/mol. The van der Waals surface area contributed by atoms with E-state index in [9.17, 15) is 4.79 Å². The Kier molecular flexibility index (Phi) is 4.31. The van der Waals surface area contributed by atoms with Crippen LogP contribution in [0, 0.1) is 0 Å². The van der Waals surface area contributed by atoms with E-state index in [0.29, 0.717) is 17.8 Å². The average molecular weight is 359 g/mol. The van der Waals surface area contributed by atoms with Gasteiger partial charge in [-0.3, -0.25) is 14.5 Å². The topological polar surface area (TPSA) is 82.5 Å². The highest BCUT2D eigenvalue weighted by molar-refractivity contribution is 7.13. The molecule has 1 unspecified atom stereocenters. The van der Waals surface area contributed by atoms with Crippen LogP contribution in [0.5, 0.6) is 0 Å². The third-order valence-corrected chi connectivity index (χ3v) is 6.39. The summed E-state index contributed by atoms with van der Waals surface area (Å²) in [4.78, 5) is 23.6. The van der Waals surface area contributed by atoms with Crippen molar-refractivity contribution in [2.75, 3.05) is 13.6 Å². The highest BCUT2D eigenvalue weighted by Crippen LogP contribution is 2.42. The number of nitrogens with zero attached hydrogens (tertiary/aromatic N) is 2. The Bertz CT molecular complexity index is 815.